The summed E-state index contributed by atoms with van der Waals surface area (Å²) < 4.78 is 5.19. The molecule has 0 radical (unpaired) electrons. The van der Waals surface area contributed by atoms with E-state index in [2.05, 4.69) is 32.1 Å². The quantitative estimate of drug-likeness (QED) is 0.451. The fourth-order valence-electron chi connectivity index (χ4n) is 3.04. The molecule has 3 rings (SSSR count). The van der Waals surface area contributed by atoms with E-state index in [-0.39, 0.29) is 29.7 Å². The number of aliphatic hydroxyl groups excluding tert-OH is 2. The van der Waals surface area contributed by atoms with Gasteiger partial charge in [0.2, 0.25) is 11.8 Å². The number of rotatable bonds is 4. The van der Waals surface area contributed by atoms with Crippen molar-refractivity contribution in [1.29, 1.82) is 0 Å². The molecule has 0 aliphatic heterocycles. The number of pyridine rings is 1. The van der Waals surface area contributed by atoms with Crippen molar-refractivity contribution in [3.8, 4) is 17.7 Å². The van der Waals surface area contributed by atoms with Gasteiger partial charge in [-0.2, -0.15) is 9.97 Å². The van der Waals surface area contributed by atoms with Crippen LogP contribution in [0, 0.1) is 17.8 Å². The van der Waals surface area contributed by atoms with E-state index >= 15 is 0 Å². The van der Waals surface area contributed by atoms with Crippen molar-refractivity contribution in [2.24, 2.45) is 5.92 Å². The molecular formula is C18H20ClN5O3. The highest BCUT2D eigenvalue weighted by Crippen LogP contribution is 2.30. The first-order valence-electron chi connectivity index (χ1n) is 8.41. The summed E-state index contributed by atoms with van der Waals surface area (Å²) in [6.45, 7) is 0.0232. The maximum Gasteiger partial charge on any atom is 0.229 e. The molecular weight excluding hydrogens is 370 g/mol. The van der Waals surface area contributed by atoms with Crippen molar-refractivity contribution < 1.29 is 14.9 Å². The second kappa shape index (κ2) is 8.39. The molecule has 2 aromatic heterocycles. The van der Waals surface area contributed by atoms with Crippen molar-refractivity contribution in [2.45, 2.75) is 25.0 Å². The van der Waals surface area contributed by atoms with Gasteiger partial charge in [-0.05, 0) is 30.9 Å². The van der Waals surface area contributed by atoms with Gasteiger partial charge in [0.15, 0.2) is 5.15 Å². The third-order valence-electron chi connectivity index (χ3n) is 4.38. The molecule has 27 heavy (non-hydrogen) atoms. The number of anilines is 2. The molecule has 1 saturated carbocycles. The Morgan fingerprint density at radius 1 is 1.37 bits per heavy atom. The number of nitrogens with one attached hydrogen (secondary N) is 1. The standard InChI is InChI=1S/C18H20ClN5O3/c1-27-17-11(3-2-6-21-17)4-5-12-15(19)23-18(20)24-16(12)22-13-7-10(9-25)8-14(13)26/h2-3,6,10,13-14,25-26H,7-9H2,1H3,(H3,20,22,23,24)/t10-,13+,14+/m0/s1. The lowest BCUT2D eigenvalue weighted by atomic mass is 10.1. The minimum Gasteiger partial charge on any atom is -0.480 e. The number of aromatic nitrogens is 3. The summed E-state index contributed by atoms with van der Waals surface area (Å²) in [7, 11) is 1.51. The van der Waals surface area contributed by atoms with Gasteiger partial charge < -0.3 is 26.0 Å². The normalized spacial score (nSPS) is 21.4. The Kier molecular flexibility index (Phi) is 5.96. The predicted molar refractivity (Wildman–Crippen MR) is 101 cm³/mol. The minimum absolute atomic E-state index is 0.00166. The Balaban J connectivity index is 1.93. The van der Waals surface area contributed by atoms with Crippen LogP contribution in [-0.4, -0.2) is 51.0 Å². The van der Waals surface area contributed by atoms with Crippen LogP contribution in [0.2, 0.25) is 5.15 Å². The lowest BCUT2D eigenvalue weighted by Crippen LogP contribution is -2.29. The molecule has 142 valence electrons. The van der Waals surface area contributed by atoms with Crippen molar-refractivity contribution in [2.75, 3.05) is 24.8 Å². The summed E-state index contributed by atoms with van der Waals surface area (Å²) in [5.41, 5.74) is 6.66. The van der Waals surface area contributed by atoms with E-state index in [0.29, 0.717) is 35.7 Å². The van der Waals surface area contributed by atoms with Crippen molar-refractivity contribution in [3.63, 3.8) is 0 Å². The van der Waals surface area contributed by atoms with Crippen LogP contribution in [0.4, 0.5) is 11.8 Å². The lowest BCUT2D eigenvalue weighted by molar-refractivity contribution is 0.157. The molecule has 0 saturated heterocycles. The third-order valence-corrected chi connectivity index (χ3v) is 4.65. The first-order chi connectivity index (χ1) is 13.0. The minimum atomic E-state index is -0.614. The molecule has 9 heteroatoms. The van der Waals surface area contributed by atoms with Gasteiger partial charge in [0, 0.05) is 12.8 Å². The molecule has 8 nitrogen and oxygen atoms in total. The van der Waals surface area contributed by atoms with E-state index in [1.807, 2.05) is 0 Å². The molecule has 1 aliphatic carbocycles. The third kappa shape index (κ3) is 4.39. The average Bonchev–Trinajstić information content (AvgIpc) is 3.01. The molecule has 0 spiro atoms. The number of nitrogens with two attached hydrogens (primary N) is 1. The Morgan fingerprint density at radius 3 is 2.89 bits per heavy atom. The van der Waals surface area contributed by atoms with Gasteiger partial charge in [-0.15, -0.1) is 0 Å². The Labute approximate surface area is 161 Å². The average molecular weight is 390 g/mol. The fourth-order valence-corrected chi connectivity index (χ4v) is 3.26. The molecule has 5 N–H and O–H groups in total. The molecule has 2 heterocycles. The van der Waals surface area contributed by atoms with Gasteiger partial charge in [-0.1, -0.05) is 23.4 Å². The summed E-state index contributed by atoms with van der Waals surface area (Å²) in [5, 5.41) is 22.8. The molecule has 0 aromatic carbocycles. The maximum atomic E-state index is 10.2. The second-order valence-electron chi connectivity index (χ2n) is 6.24. The van der Waals surface area contributed by atoms with E-state index in [0.717, 1.165) is 0 Å². The molecule has 2 aromatic rings. The molecule has 3 atom stereocenters. The first-order valence-corrected chi connectivity index (χ1v) is 8.79. The fraction of sp³-hybridized carbons (Fsp3) is 0.389. The monoisotopic (exact) mass is 389 g/mol. The lowest BCUT2D eigenvalue weighted by Gasteiger charge is -2.18. The van der Waals surface area contributed by atoms with Gasteiger partial charge in [0.1, 0.15) is 11.4 Å². The summed E-state index contributed by atoms with van der Waals surface area (Å²) in [5.74, 6) is 6.65. The molecule has 1 aliphatic rings. The second-order valence-corrected chi connectivity index (χ2v) is 6.60. The van der Waals surface area contributed by atoms with Crippen molar-refractivity contribution >= 4 is 23.4 Å². The van der Waals surface area contributed by atoms with E-state index in [1.165, 1.54) is 7.11 Å². The van der Waals surface area contributed by atoms with E-state index in [4.69, 9.17) is 22.1 Å². The van der Waals surface area contributed by atoms with E-state index in [1.54, 1.807) is 18.3 Å². The summed E-state index contributed by atoms with van der Waals surface area (Å²) in [6.07, 6.45) is 2.10. The highest BCUT2D eigenvalue weighted by Gasteiger charge is 2.33. The molecule has 1 fully saturated rings. The maximum absolute atomic E-state index is 10.2. The largest absolute Gasteiger partial charge is 0.480 e. The van der Waals surface area contributed by atoms with Gasteiger partial charge >= 0.3 is 0 Å². The number of methoxy groups -OCH3 is 1. The van der Waals surface area contributed by atoms with Gasteiger partial charge in [0.25, 0.3) is 0 Å². The predicted octanol–water partition coefficient (Wildman–Crippen LogP) is 1.06. The molecule has 0 amide bonds. The van der Waals surface area contributed by atoms with Gasteiger partial charge in [-0.3, -0.25) is 0 Å². The van der Waals surface area contributed by atoms with E-state index in [9.17, 15) is 10.2 Å². The smallest absolute Gasteiger partial charge is 0.229 e. The molecule has 0 unspecified atom stereocenters. The zero-order valence-corrected chi connectivity index (χ0v) is 15.4. The molecule has 0 bridgehead atoms. The number of aliphatic hydroxyl groups is 2. The zero-order valence-electron chi connectivity index (χ0n) is 14.7. The summed E-state index contributed by atoms with van der Waals surface area (Å²) >= 11 is 6.23. The van der Waals surface area contributed by atoms with Crippen molar-refractivity contribution in [1.82, 2.24) is 15.0 Å². The van der Waals surface area contributed by atoms with Crippen LogP contribution in [0.15, 0.2) is 18.3 Å². The van der Waals surface area contributed by atoms with E-state index < -0.39 is 6.10 Å². The Morgan fingerprint density at radius 2 is 2.19 bits per heavy atom. The Hall–Kier alpha value is -2.60. The van der Waals surface area contributed by atoms with Gasteiger partial charge in [0.05, 0.1) is 24.8 Å². The number of halogens is 1. The highest BCUT2D eigenvalue weighted by molar-refractivity contribution is 6.31. The van der Waals surface area contributed by atoms with Crippen molar-refractivity contribution in [3.05, 3.63) is 34.6 Å². The van der Waals surface area contributed by atoms with Crippen LogP contribution in [0.25, 0.3) is 0 Å². The first kappa shape index (κ1) is 19.2. The van der Waals surface area contributed by atoms with Crippen LogP contribution >= 0.6 is 11.6 Å². The topological polar surface area (TPSA) is 126 Å². The van der Waals surface area contributed by atoms with Crippen LogP contribution in [0.5, 0.6) is 5.88 Å². The number of hydrogen-bond acceptors (Lipinski definition) is 8. The zero-order chi connectivity index (χ0) is 19.4. The summed E-state index contributed by atoms with van der Waals surface area (Å²) in [6, 6.07) is 3.22. The van der Waals surface area contributed by atoms with Crippen LogP contribution in [0.1, 0.15) is 24.0 Å². The Bertz CT molecular complexity index is 883. The summed E-state index contributed by atoms with van der Waals surface area (Å²) in [4.78, 5) is 12.2. The number of nitrogens with zero attached hydrogens (tertiary/aromatic N) is 3. The number of nitrogen functional groups attached to an aromatic ring is 1. The SMILES string of the molecule is COc1ncccc1C#Cc1c(Cl)nc(N)nc1N[C@@H]1C[C@H](CO)C[C@H]1O. The number of hydrogen-bond donors (Lipinski definition) is 4. The highest BCUT2D eigenvalue weighted by atomic mass is 35.5. The van der Waals surface area contributed by atoms with Crippen LogP contribution in [0.3, 0.4) is 0 Å². The van der Waals surface area contributed by atoms with Crippen LogP contribution in [-0.2, 0) is 0 Å². The van der Waals surface area contributed by atoms with Crippen LogP contribution < -0.4 is 15.8 Å². The van der Waals surface area contributed by atoms with Gasteiger partial charge in [-0.25, -0.2) is 4.98 Å². The number of ether oxygens (including phenoxy) is 1.